The molecule has 5 rings (SSSR count). The van der Waals surface area contributed by atoms with Gasteiger partial charge in [0.05, 0.1) is 11.1 Å². The summed E-state index contributed by atoms with van der Waals surface area (Å²) in [6.45, 7) is 0. The van der Waals surface area contributed by atoms with Gasteiger partial charge in [0.15, 0.2) is 46.5 Å². The third-order valence-electron chi connectivity index (χ3n) is 5.74. The maximum Gasteiger partial charge on any atom is 0.200 e. The third-order valence-corrected chi connectivity index (χ3v) is 5.74. The van der Waals surface area contributed by atoms with Crippen molar-refractivity contribution in [1.82, 2.24) is 0 Å². The van der Waals surface area contributed by atoms with Crippen molar-refractivity contribution in [3.8, 4) is 33.4 Å². The van der Waals surface area contributed by atoms with Gasteiger partial charge in [-0.1, -0.05) is 36.4 Å². The molecule has 0 heterocycles. The molecule has 0 aliphatic heterocycles. The lowest BCUT2D eigenvalue weighted by molar-refractivity contribution is 0.380. The van der Waals surface area contributed by atoms with E-state index in [4.69, 9.17) is 0 Å². The Kier molecular flexibility index (Phi) is 5.15. The second kappa shape index (κ2) is 7.86. The van der Waals surface area contributed by atoms with E-state index in [1.54, 1.807) is 18.2 Å². The van der Waals surface area contributed by atoms with Gasteiger partial charge in [-0.25, -0.2) is 43.9 Å². The highest BCUT2D eigenvalue weighted by Gasteiger charge is 2.35. The van der Waals surface area contributed by atoms with Gasteiger partial charge in [0, 0.05) is 12.0 Å². The van der Waals surface area contributed by atoms with Crippen molar-refractivity contribution in [2.75, 3.05) is 0 Å². The van der Waals surface area contributed by atoms with Gasteiger partial charge < -0.3 is 0 Å². The Balaban J connectivity index is 1.98. The van der Waals surface area contributed by atoms with Crippen molar-refractivity contribution in [1.29, 1.82) is 0 Å². The van der Waals surface area contributed by atoms with Gasteiger partial charge in [-0.2, -0.15) is 0 Å². The van der Waals surface area contributed by atoms with Crippen molar-refractivity contribution in [2.24, 2.45) is 0 Å². The van der Waals surface area contributed by atoms with E-state index in [-0.39, 0.29) is 11.1 Å². The predicted octanol–water partition coefficient (Wildman–Crippen LogP) is 7.99. The average molecular weight is 497 g/mol. The highest BCUT2D eigenvalue weighted by molar-refractivity contribution is 5.96. The molecule has 0 bridgehead atoms. The molecule has 10 heteroatoms. The molecular formula is C25H7F10. The Bertz CT molecular complexity index is 1510. The molecule has 0 unspecified atom stereocenters. The van der Waals surface area contributed by atoms with Crippen LogP contribution in [0.25, 0.3) is 33.4 Å². The van der Waals surface area contributed by atoms with Crippen molar-refractivity contribution in [3.63, 3.8) is 0 Å². The van der Waals surface area contributed by atoms with E-state index < -0.39 is 80.4 Å². The molecule has 35 heavy (non-hydrogen) atoms. The van der Waals surface area contributed by atoms with Crippen LogP contribution in [0.4, 0.5) is 43.9 Å². The standard InChI is InChI=1S/C25H7F10/c26-16-14(17(27)21(31)24(34)20(16)30)11-6-5-10-9-4-2-1-3-8(9)7-12(10)13(11)15-18(28)22(32)25(35)23(33)19(15)29/h1-7H. The zero-order valence-corrected chi connectivity index (χ0v) is 16.8. The van der Waals surface area contributed by atoms with Crippen LogP contribution in [-0.4, -0.2) is 0 Å². The van der Waals surface area contributed by atoms with E-state index in [1.165, 1.54) is 18.6 Å². The fourth-order valence-electron chi connectivity index (χ4n) is 4.17. The van der Waals surface area contributed by atoms with Crippen molar-refractivity contribution in [3.05, 3.63) is 112 Å². The Labute approximate surface area is 190 Å². The number of hydrogen-bond acceptors (Lipinski definition) is 0. The van der Waals surface area contributed by atoms with Crippen LogP contribution in [0.2, 0.25) is 0 Å². The minimum atomic E-state index is -2.48. The smallest absolute Gasteiger partial charge is 0.200 e. The number of halogens is 10. The van der Waals surface area contributed by atoms with E-state index in [1.807, 2.05) is 0 Å². The Morgan fingerprint density at radius 2 is 0.771 bits per heavy atom. The van der Waals surface area contributed by atoms with Gasteiger partial charge in [0.25, 0.3) is 0 Å². The van der Waals surface area contributed by atoms with E-state index >= 15 is 0 Å². The lowest BCUT2D eigenvalue weighted by Crippen LogP contribution is -2.08. The fourth-order valence-corrected chi connectivity index (χ4v) is 4.17. The molecule has 4 aromatic rings. The molecule has 0 amide bonds. The van der Waals surface area contributed by atoms with Crippen molar-refractivity contribution < 1.29 is 43.9 Å². The molecule has 0 spiro atoms. The molecule has 0 saturated carbocycles. The number of fused-ring (bicyclic) bond motifs is 3. The fraction of sp³-hybridized carbons (Fsp3) is 0. The Morgan fingerprint density at radius 3 is 1.31 bits per heavy atom. The number of benzene rings is 4. The van der Waals surface area contributed by atoms with E-state index in [2.05, 4.69) is 0 Å². The molecule has 1 aliphatic carbocycles. The Hall–Kier alpha value is -3.82. The molecule has 0 aromatic heterocycles. The predicted molar refractivity (Wildman–Crippen MR) is 105 cm³/mol. The topological polar surface area (TPSA) is 0 Å². The minimum Gasteiger partial charge on any atom is -0.203 e. The SMILES string of the molecule is Fc1c(F)c(F)c(-c2ccc3c(c2-c2c(F)c(F)c(F)c(F)c2F)[CH]c2ccccc2-3)c(F)c1F. The Morgan fingerprint density at radius 1 is 0.343 bits per heavy atom. The quantitative estimate of drug-likeness (QED) is 0.132. The van der Waals surface area contributed by atoms with Crippen LogP contribution in [-0.2, 0) is 0 Å². The normalized spacial score (nSPS) is 12.2. The van der Waals surface area contributed by atoms with Crippen molar-refractivity contribution in [2.45, 2.75) is 0 Å². The molecule has 0 saturated heterocycles. The van der Waals surface area contributed by atoms with Crippen molar-refractivity contribution >= 4 is 0 Å². The summed E-state index contributed by atoms with van der Waals surface area (Å²) in [6.07, 6.45) is 1.24. The summed E-state index contributed by atoms with van der Waals surface area (Å²) >= 11 is 0. The second-order valence-corrected chi connectivity index (χ2v) is 7.57. The van der Waals surface area contributed by atoms with Gasteiger partial charge in [0.1, 0.15) is 0 Å². The summed E-state index contributed by atoms with van der Waals surface area (Å²) in [7, 11) is 0. The summed E-state index contributed by atoms with van der Waals surface area (Å²) in [5, 5.41) is 0. The van der Waals surface area contributed by atoms with Crippen LogP contribution in [0.15, 0.2) is 36.4 Å². The molecule has 1 radical (unpaired) electrons. The highest BCUT2D eigenvalue weighted by atomic mass is 19.2. The first-order chi connectivity index (χ1) is 16.6. The maximum absolute atomic E-state index is 14.9. The molecule has 0 nitrogen and oxygen atoms in total. The van der Waals surface area contributed by atoms with Crippen LogP contribution < -0.4 is 0 Å². The second-order valence-electron chi connectivity index (χ2n) is 7.57. The highest BCUT2D eigenvalue weighted by Crippen LogP contribution is 2.49. The molecule has 177 valence electrons. The lowest BCUT2D eigenvalue weighted by atomic mass is 9.86. The summed E-state index contributed by atoms with van der Waals surface area (Å²) in [6, 6.07) is 8.22. The van der Waals surface area contributed by atoms with Crippen LogP contribution in [0.5, 0.6) is 0 Å². The largest absolute Gasteiger partial charge is 0.203 e. The van der Waals surface area contributed by atoms with Crippen LogP contribution in [0.1, 0.15) is 11.1 Å². The molecule has 4 aromatic carbocycles. The van der Waals surface area contributed by atoms with Crippen LogP contribution >= 0.6 is 0 Å². The first kappa shape index (κ1) is 22.9. The van der Waals surface area contributed by atoms with E-state index in [9.17, 15) is 43.9 Å². The molecule has 1 aliphatic rings. The summed E-state index contributed by atoms with van der Waals surface area (Å²) < 4.78 is 143. The minimum absolute atomic E-state index is 0.173. The van der Waals surface area contributed by atoms with Crippen LogP contribution in [0, 0.1) is 64.6 Å². The van der Waals surface area contributed by atoms with Gasteiger partial charge in [-0.3, -0.25) is 0 Å². The summed E-state index contributed by atoms with van der Waals surface area (Å²) in [5.74, 6) is -23.8. The zero-order valence-electron chi connectivity index (χ0n) is 16.8. The molecule has 0 atom stereocenters. The van der Waals surface area contributed by atoms with E-state index in [0.29, 0.717) is 11.1 Å². The lowest BCUT2D eigenvalue weighted by Gasteiger charge is -2.19. The summed E-state index contributed by atoms with van der Waals surface area (Å²) in [4.78, 5) is 0. The van der Waals surface area contributed by atoms with Crippen LogP contribution in [0.3, 0.4) is 0 Å². The zero-order chi connectivity index (χ0) is 25.3. The number of rotatable bonds is 2. The maximum atomic E-state index is 14.9. The van der Waals surface area contributed by atoms with E-state index in [0.717, 1.165) is 6.07 Å². The molecule has 0 N–H and O–H groups in total. The van der Waals surface area contributed by atoms with Gasteiger partial charge in [0.2, 0.25) is 11.6 Å². The monoisotopic (exact) mass is 497 g/mol. The average Bonchev–Trinajstić information content (AvgIpc) is 3.23. The van der Waals surface area contributed by atoms with Gasteiger partial charge >= 0.3 is 0 Å². The van der Waals surface area contributed by atoms with Gasteiger partial charge in [-0.15, -0.1) is 0 Å². The number of hydrogen-bond donors (Lipinski definition) is 0. The first-order valence-corrected chi connectivity index (χ1v) is 9.71. The van der Waals surface area contributed by atoms with Gasteiger partial charge in [-0.05, 0) is 27.8 Å². The first-order valence-electron chi connectivity index (χ1n) is 9.71. The third kappa shape index (κ3) is 3.08. The summed E-state index contributed by atoms with van der Waals surface area (Å²) in [5.41, 5.74) is -4.28. The molecule has 0 fully saturated rings. The molecular weight excluding hydrogens is 490 g/mol.